The Morgan fingerprint density at radius 1 is 1.23 bits per heavy atom. The fourth-order valence-electron chi connectivity index (χ4n) is 3.21. The molecular formula is C21H26N2O3. The summed E-state index contributed by atoms with van der Waals surface area (Å²) in [5.74, 6) is 0.858. The highest BCUT2D eigenvalue weighted by Crippen LogP contribution is 2.22. The van der Waals surface area contributed by atoms with Gasteiger partial charge in [-0.3, -0.25) is 9.69 Å². The highest BCUT2D eigenvalue weighted by atomic mass is 16.5. The number of nitrogens with one attached hydrogen (secondary N) is 1. The normalized spacial score (nSPS) is 15.5. The number of hydrogen-bond donors (Lipinski definition) is 2. The van der Waals surface area contributed by atoms with Crippen LogP contribution in [0.15, 0.2) is 48.5 Å². The molecule has 1 atom stereocenters. The predicted octanol–water partition coefficient (Wildman–Crippen LogP) is 2.43. The Morgan fingerprint density at radius 2 is 2.00 bits per heavy atom. The molecule has 0 aromatic heterocycles. The topological polar surface area (TPSA) is 61.8 Å². The molecule has 0 bridgehead atoms. The van der Waals surface area contributed by atoms with E-state index in [4.69, 9.17) is 4.74 Å². The van der Waals surface area contributed by atoms with Gasteiger partial charge in [0.05, 0.1) is 12.6 Å². The zero-order chi connectivity index (χ0) is 18.4. The van der Waals surface area contributed by atoms with Crippen LogP contribution in [0.2, 0.25) is 0 Å². The molecule has 0 radical (unpaired) electrons. The molecule has 0 spiro atoms. The number of nitrogens with zero attached hydrogens (tertiary/aromatic N) is 1. The number of carbonyl (C=O) groups excluding carboxylic acids is 1. The van der Waals surface area contributed by atoms with Crippen molar-refractivity contribution in [2.75, 3.05) is 26.3 Å². The van der Waals surface area contributed by atoms with Crippen LogP contribution in [0.5, 0.6) is 5.75 Å². The first-order chi connectivity index (χ1) is 12.7. The van der Waals surface area contributed by atoms with Crippen molar-refractivity contribution in [3.63, 3.8) is 0 Å². The molecule has 2 N–H and O–H groups in total. The summed E-state index contributed by atoms with van der Waals surface area (Å²) >= 11 is 0. The van der Waals surface area contributed by atoms with E-state index in [1.807, 2.05) is 55.5 Å². The van der Waals surface area contributed by atoms with Crippen LogP contribution in [0.4, 0.5) is 0 Å². The van der Waals surface area contributed by atoms with E-state index in [-0.39, 0.29) is 18.6 Å². The quantitative estimate of drug-likeness (QED) is 0.836. The summed E-state index contributed by atoms with van der Waals surface area (Å²) in [4.78, 5) is 14.7. The Hall–Kier alpha value is -2.37. The molecule has 0 unspecified atom stereocenters. The second-order valence-electron chi connectivity index (χ2n) is 6.71. The van der Waals surface area contributed by atoms with Gasteiger partial charge in [0.1, 0.15) is 12.4 Å². The number of benzene rings is 2. The first kappa shape index (κ1) is 18.4. The zero-order valence-electron chi connectivity index (χ0n) is 15.1. The summed E-state index contributed by atoms with van der Waals surface area (Å²) in [6, 6.07) is 15.8. The molecule has 138 valence electrons. The van der Waals surface area contributed by atoms with Crippen molar-refractivity contribution >= 4 is 5.91 Å². The lowest BCUT2D eigenvalue weighted by Gasteiger charge is -2.22. The van der Waals surface area contributed by atoms with E-state index < -0.39 is 0 Å². The lowest BCUT2D eigenvalue weighted by Crippen LogP contribution is -2.39. The first-order valence-electron chi connectivity index (χ1n) is 9.05. The summed E-state index contributed by atoms with van der Waals surface area (Å²) in [6.07, 6.45) is 0.501. The second-order valence-corrected chi connectivity index (χ2v) is 6.71. The van der Waals surface area contributed by atoms with Gasteiger partial charge in [-0.15, -0.1) is 0 Å². The van der Waals surface area contributed by atoms with Crippen LogP contribution in [-0.2, 0) is 11.3 Å². The second kappa shape index (κ2) is 8.83. The van der Waals surface area contributed by atoms with Gasteiger partial charge >= 0.3 is 0 Å². The number of aliphatic hydroxyl groups is 1. The van der Waals surface area contributed by atoms with Crippen molar-refractivity contribution in [2.24, 2.45) is 0 Å². The van der Waals surface area contributed by atoms with Gasteiger partial charge in [0.2, 0.25) is 5.91 Å². The number of aliphatic hydroxyl groups excluding tert-OH is 1. The van der Waals surface area contributed by atoms with Crippen LogP contribution in [-0.4, -0.2) is 42.2 Å². The Kier molecular flexibility index (Phi) is 6.26. The summed E-state index contributed by atoms with van der Waals surface area (Å²) in [5, 5.41) is 12.4. The minimum Gasteiger partial charge on any atom is -0.492 e. The van der Waals surface area contributed by atoms with Crippen LogP contribution >= 0.6 is 0 Å². The van der Waals surface area contributed by atoms with Gasteiger partial charge in [-0.25, -0.2) is 0 Å². The Bertz CT molecular complexity index is 730. The monoisotopic (exact) mass is 354 g/mol. The van der Waals surface area contributed by atoms with Crippen molar-refractivity contribution in [3.8, 4) is 5.75 Å². The molecule has 5 heteroatoms. The van der Waals surface area contributed by atoms with Gasteiger partial charge in [-0.2, -0.15) is 0 Å². The third kappa shape index (κ3) is 4.84. The van der Waals surface area contributed by atoms with Gasteiger partial charge in [-0.05, 0) is 25.0 Å². The number of aryl methyl sites for hydroxylation is 1. The average molecular weight is 354 g/mol. The molecule has 1 aliphatic heterocycles. The van der Waals surface area contributed by atoms with Crippen molar-refractivity contribution in [1.29, 1.82) is 0 Å². The average Bonchev–Trinajstić information content (AvgIpc) is 2.83. The van der Waals surface area contributed by atoms with E-state index in [2.05, 4.69) is 10.2 Å². The standard InChI is InChI=1S/C21H26N2O3/c1-16-6-8-17(9-7-16)19(10-12-24)22-21(25)15-23-11-13-26-20-5-3-2-4-18(20)14-23/h2-9,19,24H,10-15H2,1H3,(H,22,25)/t19-/m0/s1. The Balaban J connectivity index is 1.62. The Morgan fingerprint density at radius 3 is 2.77 bits per heavy atom. The van der Waals surface area contributed by atoms with Crippen molar-refractivity contribution < 1.29 is 14.6 Å². The highest BCUT2D eigenvalue weighted by molar-refractivity contribution is 5.78. The lowest BCUT2D eigenvalue weighted by atomic mass is 10.0. The molecule has 0 fully saturated rings. The van der Waals surface area contributed by atoms with E-state index in [0.717, 1.165) is 16.9 Å². The van der Waals surface area contributed by atoms with E-state index in [1.54, 1.807) is 0 Å². The highest BCUT2D eigenvalue weighted by Gasteiger charge is 2.20. The molecule has 1 amide bonds. The molecular weight excluding hydrogens is 328 g/mol. The van der Waals surface area contributed by atoms with Gasteiger partial charge in [0, 0.05) is 25.3 Å². The van der Waals surface area contributed by atoms with E-state index in [1.165, 1.54) is 5.56 Å². The Labute approximate surface area is 154 Å². The van der Waals surface area contributed by atoms with E-state index >= 15 is 0 Å². The van der Waals surface area contributed by atoms with Crippen LogP contribution < -0.4 is 10.1 Å². The number of amides is 1. The van der Waals surface area contributed by atoms with Gasteiger partial charge in [0.15, 0.2) is 0 Å². The van der Waals surface area contributed by atoms with E-state index in [9.17, 15) is 9.90 Å². The van der Waals surface area contributed by atoms with E-state index in [0.29, 0.717) is 32.7 Å². The van der Waals surface area contributed by atoms with Crippen LogP contribution in [0.3, 0.4) is 0 Å². The number of carbonyl (C=O) groups is 1. The van der Waals surface area contributed by atoms with Gasteiger partial charge in [-0.1, -0.05) is 48.0 Å². The largest absolute Gasteiger partial charge is 0.492 e. The molecule has 2 aromatic carbocycles. The summed E-state index contributed by atoms with van der Waals surface area (Å²) in [6.45, 7) is 4.34. The molecule has 0 saturated heterocycles. The number of ether oxygens (including phenoxy) is 1. The van der Waals surface area contributed by atoms with Crippen molar-refractivity contribution in [1.82, 2.24) is 10.2 Å². The maximum atomic E-state index is 12.6. The van der Waals surface area contributed by atoms with Gasteiger partial charge in [0.25, 0.3) is 0 Å². The molecule has 2 aromatic rings. The fraction of sp³-hybridized carbons (Fsp3) is 0.381. The predicted molar refractivity (Wildman–Crippen MR) is 101 cm³/mol. The number of hydrogen-bond acceptors (Lipinski definition) is 4. The molecule has 1 heterocycles. The fourth-order valence-corrected chi connectivity index (χ4v) is 3.21. The summed E-state index contributed by atoms with van der Waals surface area (Å²) < 4.78 is 5.75. The third-order valence-corrected chi connectivity index (χ3v) is 4.63. The maximum Gasteiger partial charge on any atom is 0.234 e. The molecule has 1 aliphatic rings. The first-order valence-corrected chi connectivity index (χ1v) is 9.05. The summed E-state index contributed by atoms with van der Waals surface area (Å²) in [7, 11) is 0. The molecule has 0 aliphatic carbocycles. The minimum atomic E-state index is -0.177. The smallest absolute Gasteiger partial charge is 0.234 e. The lowest BCUT2D eigenvalue weighted by molar-refractivity contribution is -0.123. The molecule has 26 heavy (non-hydrogen) atoms. The third-order valence-electron chi connectivity index (χ3n) is 4.63. The number of fused-ring (bicyclic) bond motifs is 1. The summed E-state index contributed by atoms with van der Waals surface area (Å²) in [5.41, 5.74) is 3.29. The molecule has 3 rings (SSSR count). The van der Waals surface area contributed by atoms with Crippen LogP contribution in [0, 0.1) is 6.92 Å². The molecule has 0 saturated carbocycles. The van der Waals surface area contributed by atoms with Crippen molar-refractivity contribution in [3.05, 3.63) is 65.2 Å². The minimum absolute atomic E-state index is 0.0315. The van der Waals surface area contributed by atoms with Gasteiger partial charge < -0.3 is 15.2 Å². The van der Waals surface area contributed by atoms with Crippen LogP contribution in [0.25, 0.3) is 0 Å². The zero-order valence-corrected chi connectivity index (χ0v) is 15.1. The number of rotatable bonds is 6. The molecule has 5 nitrogen and oxygen atoms in total. The maximum absolute atomic E-state index is 12.6. The number of para-hydroxylation sites is 1. The van der Waals surface area contributed by atoms with Crippen molar-refractivity contribution in [2.45, 2.75) is 25.9 Å². The van der Waals surface area contributed by atoms with Crippen LogP contribution in [0.1, 0.15) is 29.2 Å². The SMILES string of the molecule is Cc1ccc([C@H](CCO)NC(=O)CN2CCOc3ccccc3C2)cc1.